The number of nitrogens with zero attached hydrogens (tertiary/aromatic N) is 4. The third-order valence-corrected chi connectivity index (χ3v) is 5.09. The Kier molecular flexibility index (Phi) is 4.06. The maximum Gasteiger partial charge on any atom is 0.222 e. The quantitative estimate of drug-likeness (QED) is 0.842. The molecule has 2 saturated heterocycles. The zero-order valence-corrected chi connectivity index (χ0v) is 13.9. The Hall–Kier alpha value is -1.65. The Morgan fingerprint density at radius 2 is 2.00 bits per heavy atom. The fourth-order valence-corrected chi connectivity index (χ4v) is 3.81. The molecule has 0 aliphatic carbocycles. The standard InChI is InChI=1S/C17H26N4O/c1-13(2)21-12-17(9-7-16(21)22)8-4-10-20(11-17)15-6-5-14(3)18-19-15/h5-6,13H,4,7-12H2,1-3H3/t17-/m0/s1. The average Bonchev–Trinajstić information content (AvgIpc) is 2.51. The van der Waals surface area contributed by atoms with E-state index >= 15 is 0 Å². The Morgan fingerprint density at radius 1 is 1.18 bits per heavy atom. The van der Waals surface area contributed by atoms with Crippen LogP contribution in [0.1, 0.15) is 45.2 Å². The van der Waals surface area contributed by atoms with Crippen molar-refractivity contribution in [2.45, 2.75) is 52.5 Å². The predicted molar refractivity (Wildman–Crippen MR) is 86.7 cm³/mol. The van der Waals surface area contributed by atoms with Crippen LogP contribution in [0.4, 0.5) is 5.82 Å². The second-order valence-electron chi connectivity index (χ2n) is 7.17. The maximum atomic E-state index is 12.1. The molecule has 0 bridgehead atoms. The van der Waals surface area contributed by atoms with Crippen molar-refractivity contribution in [2.24, 2.45) is 5.41 Å². The Labute approximate surface area is 132 Å². The summed E-state index contributed by atoms with van der Waals surface area (Å²) in [5.41, 5.74) is 1.17. The summed E-state index contributed by atoms with van der Waals surface area (Å²) < 4.78 is 0. The lowest BCUT2D eigenvalue weighted by Gasteiger charge is -2.49. The fourth-order valence-electron chi connectivity index (χ4n) is 3.81. The summed E-state index contributed by atoms with van der Waals surface area (Å²) in [5, 5.41) is 8.53. The molecule has 0 unspecified atom stereocenters. The van der Waals surface area contributed by atoms with E-state index in [2.05, 4.69) is 39.9 Å². The van der Waals surface area contributed by atoms with Gasteiger partial charge in [-0.2, -0.15) is 5.10 Å². The van der Waals surface area contributed by atoms with Gasteiger partial charge in [0.2, 0.25) is 5.91 Å². The largest absolute Gasteiger partial charge is 0.355 e. The van der Waals surface area contributed by atoms with Crippen LogP contribution in [-0.2, 0) is 4.79 Å². The van der Waals surface area contributed by atoms with Crippen LogP contribution in [0, 0.1) is 12.3 Å². The molecule has 0 saturated carbocycles. The first-order valence-corrected chi connectivity index (χ1v) is 8.34. The molecule has 2 aliphatic rings. The molecular weight excluding hydrogens is 276 g/mol. The second-order valence-corrected chi connectivity index (χ2v) is 7.17. The van der Waals surface area contributed by atoms with Crippen molar-refractivity contribution in [3.63, 3.8) is 0 Å². The first-order valence-electron chi connectivity index (χ1n) is 8.34. The lowest BCUT2D eigenvalue weighted by molar-refractivity contribution is -0.140. The van der Waals surface area contributed by atoms with Gasteiger partial charge in [0, 0.05) is 37.5 Å². The molecule has 0 aromatic carbocycles. The summed E-state index contributed by atoms with van der Waals surface area (Å²) in [6.07, 6.45) is 4.06. The highest BCUT2D eigenvalue weighted by molar-refractivity contribution is 5.77. The summed E-state index contributed by atoms with van der Waals surface area (Å²) in [6, 6.07) is 4.38. The van der Waals surface area contributed by atoms with Gasteiger partial charge in [0.25, 0.3) is 0 Å². The molecule has 2 fully saturated rings. The average molecular weight is 302 g/mol. The number of hydrogen-bond acceptors (Lipinski definition) is 4. The van der Waals surface area contributed by atoms with E-state index in [9.17, 15) is 4.79 Å². The van der Waals surface area contributed by atoms with E-state index in [-0.39, 0.29) is 5.41 Å². The van der Waals surface area contributed by atoms with Crippen molar-refractivity contribution >= 4 is 11.7 Å². The zero-order chi connectivity index (χ0) is 15.7. The molecule has 5 heteroatoms. The van der Waals surface area contributed by atoms with Gasteiger partial charge in [-0.3, -0.25) is 4.79 Å². The van der Waals surface area contributed by atoms with Crippen LogP contribution in [0.3, 0.4) is 0 Å². The van der Waals surface area contributed by atoms with E-state index < -0.39 is 0 Å². The molecule has 0 N–H and O–H groups in total. The summed E-state index contributed by atoms with van der Waals surface area (Å²) >= 11 is 0. The highest BCUT2D eigenvalue weighted by Gasteiger charge is 2.42. The lowest BCUT2D eigenvalue weighted by atomic mass is 9.73. The van der Waals surface area contributed by atoms with E-state index in [1.165, 1.54) is 6.42 Å². The van der Waals surface area contributed by atoms with E-state index in [1.54, 1.807) is 0 Å². The number of carbonyl (C=O) groups excluding carboxylic acids is 1. The maximum absolute atomic E-state index is 12.1. The van der Waals surface area contributed by atoms with Gasteiger partial charge in [-0.05, 0) is 52.2 Å². The molecule has 1 amide bonds. The molecule has 1 aromatic heterocycles. The van der Waals surface area contributed by atoms with Crippen molar-refractivity contribution in [1.82, 2.24) is 15.1 Å². The van der Waals surface area contributed by atoms with E-state index in [4.69, 9.17) is 0 Å². The van der Waals surface area contributed by atoms with Gasteiger partial charge in [-0.25, -0.2) is 0 Å². The second kappa shape index (κ2) is 5.86. The van der Waals surface area contributed by atoms with Crippen LogP contribution in [0.2, 0.25) is 0 Å². The van der Waals surface area contributed by atoms with E-state index in [0.29, 0.717) is 18.4 Å². The minimum absolute atomic E-state index is 0.225. The molecule has 1 atom stereocenters. The third kappa shape index (κ3) is 2.94. The van der Waals surface area contributed by atoms with Crippen molar-refractivity contribution < 1.29 is 4.79 Å². The van der Waals surface area contributed by atoms with Crippen LogP contribution in [-0.4, -0.2) is 46.7 Å². The first kappa shape index (κ1) is 15.3. The number of carbonyl (C=O) groups is 1. The number of piperidine rings is 2. The lowest BCUT2D eigenvalue weighted by Crippen LogP contribution is -2.55. The third-order valence-electron chi connectivity index (χ3n) is 5.09. The number of likely N-dealkylation sites (tertiary alicyclic amines) is 1. The van der Waals surface area contributed by atoms with Gasteiger partial charge in [0.1, 0.15) is 0 Å². The zero-order valence-electron chi connectivity index (χ0n) is 13.9. The monoisotopic (exact) mass is 302 g/mol. The Balaban J connectivity index is 1.77. The van der Waals surface area contributed by atoms with Crippen LogP contribution >= 0.6 is 0 Å². The van der Waals surface area contributed by atoms with Crippen molar-refractivity contribution in [3.05, 3.63) is 17.8 Å². The molecule has 2 aliphatic heterocycles. The number of anilines is 1. The Morgan fingerprint density at radius 3 is 2.68 bits per heavy atom. The summed E-state index contributed by atoms with van der Waals surface area (Å²) in [4.78, 5) is 16.6. The highest BCUT2D eigenvalue weighted by Crippen LogP contribution is 2.40. The number of aryl methyl sites for hydroxylation is 1. The molecule has 3 rings (SSSR count). The van der Waals surface area contributed by atoms with Crippen molar-refractivity contribution in [3.8, 4) is 0 Å². The molecule has 120 valence electrons. The van der Waals surface area contributed by atoms with Gasteiger partial charge in [-0.15, -0.1) is 5.10 Å². The molecule has 1 spiro atoms. The number of aromatic nitrogens is 2. The highest BCUT2D eigenvalue weighted by atomic mass is 16.2. The van der Waals surface area contributed by atoms with Gasteiger partial charge in [0.15, 0.2) is 5.82 Å². The summed E-state index contributed by atoms with van der Waals surface area (Å²) in [6.45, 7) is 9.10. The predicted octanol–water partition coefficient (Wildman–Crippen LogP) is 2.40. The minimum atomic E-state index is 0.225. The van der Waals surface area contributed by atoms with Crippen LogP contribution in [0.15, 0.2) is 12.1 Å². The molecule has 5 nitrogen and oxygen atoms in total. The SMILES string of the molecule is Cc1ccc(N2CCC[C@]3(CCC(=O)N(C(C)C)C3)C2)nn1. The van der Waals surface area contributed by atoms with Crippen molar-refractivity contribution in [1.29, 1.82) is 0 Å². The molecule has 0 radical (unpaired) electrons. The number of rotatable bonds is 2. The van der Waals surface area contributed by atoms with Crippen LogP contribution in [0.5, 0.6) is 0 Å². The van der Waals surface area contributed by atoms with Crippen LogP contribution < -0.4 is 4.90 Å². The van der Waals surface area contributed by atoms with Gasteiger partial charge in [0.05, 0.1) is 5.69 Å². The minimum Gasteiger partial charge on any atom is -0.355 e. The van der Waals surface area contributed by atoms with Crippen LogP contribution in [0.25, 0.3) is 0 Å². The van der Waals surface area contributed by atoms with E-state index in [1.807, 2.05) is 13.0 Å². The van der Waals surface area contributed by atoms with Gasteiger partial charge >= 0.3 is 0 Å². The molecule has 3 heterocycles. The van der Waals surface area contributed by atoms with Gasteiger partial charge in [-0.1, -0.05) is 0 Å². The molecule has 1 aromatic rings. The number of hydrogen-bond donors (Lipinski definition) is 0. The van der Waals surface area contributed by atoms with E-state index in [0.717, 1.165) is 44.0 Å². The van der Waals surface area contributed by atoms with Crippen molar-refractivity contribution in [2.75, 3.05) is 24.5 Å². The normalized spacial score (nSPS) is 26.1. The number of amides is 1. The molecule has 22 heavy (non-hydrogen) atoms. The Bertz CT molecular complexity index is 542. The molecular formula is C17H26N4O. The summed E-state index contributed by atoms with van der Waals surface area (Å²) in [7, 11) is 0. The van der Waals surface area contributed by atoms with Gasteiger partial charge < -0.3 is 9.80 Å². The topological polar surface area (TPSA) is 49.3 Å². The smallest absolute Gasteiger partial charge is 0.222 e. The first-order chi connectivity index (χ1) is 10.5. The fraction of sp³-hybridized carbons (Fsp3) is 0.706. The summed E-state index contributed by atoms with van der Waals surface area (Å²) in [5.74, 6) is 1.28.